The first-order chi connectivity index (χ1) is 5.68. The van der Waals surface area contributed by atoms with Crippen molar-refractivity contribution in [3.63, 3.8) is 0 Å². The van der Waals surface area contributed by atoms with Crippen LogP contribution in [0.25, 0.3) is 11.0 Å². The van der Waals surface area contributed by atoms with E-state index >= 15 is 0 Å². The first-order valence-electron chi connectivity index (χ1n) is 3.17. The summed E-state index contributed by atoms with van der Waals surface area (Å²) >= 11 is 6.29. The van der Waals surface area contributed by atoms with Crippen LogP contribution in [0.15, 0.2) is 21.3 Å². The zero-order valence-electron chi connectivity index (χ0n) is 5.74. The van der Waals surface area contributed by atoms with Gasteiger partial charge in [0.05, 0.1) is 9.99 Å². The number of hydrogen-bond acceptors (Lipinski definition) is 1. The molecule has 0 saturated heterocycles. The second kappa shape index (κ2) is 2.81. The molecule has 2 rings (SSSR count). The van der Waals surface area contributed by atoms with Gasteiger partial charge in [0.1, 0.15) is 11.3 Å². The molecule has 5 heteroatoms. The zero-order valence-corrected chi connectivity index (χ0v) is 8.91. The Balaban J connectivity index is 2.89. The van der Waals surface area contributed by atoms with Gasteiger partial charge in [-0.25, -0.2) is 9.37 Å². The number of H-pyrrole nitrogens is 1. The molecule has 0 radical (unpaired) electrons. The normalized spacial score (nSPS) is 10.9. The summed E-state index contributed by atoms with van der Waals surface area (Å²) in [6.45, 7) is 0. The fraction of sp³-hybridized carbons (Fsp3) is 0. The van der Waals surface area contributed by atoms with E-state index < -0.39 is 0 Å². The van der Waals surface area contributed by atoms with Gasteiger partial charge in [-0.1, -0.05) is 0 Å². The summed E-state index contributed by atoms with van der Waals surface area (Å²) in [6, 6.07) is 3.03. The third-order valence-corrected chi connectivity index (χ3v) is 2.65. The van der Waals surface area contributed by atoms with Gasteiger partial charge in [-0.15, -0.1) is 0 Å². The van der Waals surface area contributed by atoms with Gasteiger partial charge in [0.25, 0.3) is 0 Å². The van der Waals surface area contributed by atoms with Gasteiger partial charge in [0.2, 0.25) is 0 Å². The lowest BCUT2D eigenvalue weighted by Gasteiger charge is -1.92. The average molecular weight is 294 g/mol. The van der Waals surface area contributed by atoms with Gasteiger partial charge < -0.3 is 4.98 Å². The molecule has 62 valence electrons. The van der Waals surface area contributed by atoms with Crippen molar-refractivity contribution in [1.29, 1.82) is 0 Å². The molecule has 2 nitrogen and oxygen atoms in total. The summed E-state index contributed by atoms with van der Waals surface area (Å²) in [5.41, 5.74) is 1.40. The van der Waals surface area contributed by atoms with Crippen LogP contribution in [0.1, 0.15) is 0 Å². The van der Waals surface area contributed by atoms with Gasteiger partial charge in [-0.3, -0.25) is 0 Å². The molecule has 0 atom stereocenters. The van der Waals surface area contributed by atoms with Gasteiger partial charge in [0.15, 0.2) is 4.73 Å². The molecule has 12 heavy (non-hydrogen) atoms. The number of nitrogens with zero attached hydrogens (tertiary/aromatic N) is 1. The molecule has 1 aromatic heterocycles. The van der Waals surface area contributed by atoms with Crippen molar-refractivity contribution in [3.05, 3.63) is 27.2 Å². The summed E-state index contributed by atoms with van der Waals surface area (Å²) in [6.07, 6.45) is 0. The molecule has 1 heterocycles. The largest absolute Gasteiger partial charge is 0.332 e. The van der Waals surface area contributed by atoms with Crippen molar-refractivity contribution in [3.8, 4) is 0 Å². The van der Waals surface area contributed by atoms with E-state index in [1.807, 2.05) is 0 Å². The number of hydrogen-bond donors (Lipinski definition) is 1. The molecule has 2 aromatic rings. The maximum Gasteiger partial charge on any atom is 0.175 e. The molecule has 0 spiro atoms. The number of benzene rings is 1. The molecule has 1 N–H and O–H groups in total. The minimum absolute atomic E-state index is 0.304. The van der Waals surface area contributed by atoms with E-state index in [1.54, 1.807) is 6.07 Å². The number of aromatic nitrogens is 2. The Morgan fingerprint density at radius 2 is 2.08 bits per heavy atom. The summed E-state index contributed by atoms with van der Waals surface area (Å²) < 4.78 is 13.9. The van der Waals surface area contributed by atoms with Crippen LogP contribution in [0.3, 0.4) is 0 Å². The fourth-order valence-electron chi connectivity index (χ4n) is 0.987. The minimum atomic E-state index is -0.304. The van der Waals surface area contributed by atoms with Crippen LogP contribution in [-0.2, 0) is 0 Å². The van der Waals surface area contributed by atoms with Crippen molar-refractivity contribution in [2.75, 3.05) is 0 Å². The molecule has 0 bridgehead atoms. The fourth-order valence-corrected chi connectivity index (χ4v) is 1.81. The standard InChI is InChI=1S/C7H3Br2FN2/c8-5-3(10)1-2-4-6(5)12-7(9)11-4/h1-2H,(H,11,12). The highest BCUT2D eigenvalue weighted by Crippen LogP contribution is 2.25. The predicted molar refractivity (Wildman–Crippen MR) is 51.5 cm³/mol. The van der Waals surface area contributed by atoms with Crippen molar-refractivity contribution in [2.24, 2.45) is 0 Å². The highest BCUT2D eigenvalue weighted by Gasteiger charge is 2.07. The van der Waals surface area contributed by atoms with Crippen molar-refractivity contribution in [2.45, 2.75) is 0 Å². The van der Waals surface area contributed by atoms with Crippen LogP contribution in [0.4, 0.5) is 4.39 Å². The third kappa shape index (κ3) is 1.17. The lowest BCUT2D eigenvalue weighted by molar-refractivity contribution is 0.623. The molecule has 0 aliphatic rings. The maximum atomic E-state index is 12.9. The first-order valence-corrected chi connectivity index (χ1v) is 4.76. The lowest BCUT2D eigenvalue weighted by Crippen LogP contribution is -1.78. The van der Waals surface area contributed by atoms with E-state index in [0.717, 1.165) is 5.52 Å². The van der Waals surface area contributed by atoms with E-state index in [4.69, 9.17) is 0 Å². The van der Waals surface area contributed by atoms with E-state index in [1.165, 1.54) is 6.07 Å². The summed E-state index contributed by atoms with van der Waals surface area (Å²) in [5.74, 6) is -0.304. The predicted octanol–water partition coefficient (Wildman–Crippen LogP) is 3.23. The molecule has 0 unspecified atom stereocenters. The second-order valence-corrected chi connectivity index (χ2v) is 3.83. The molecule has 0 aliphatic heterocycles. The number of halogens is 3. The number of aromatic amines is 1. The summed E-state index contributed by atoms with van der Waals surface area (Å²) in [4.78, 5) is 6.98. The topological polar surface area (TPSA) is 28.7 Å². The van der Waals surface area contributed by atoms with Crippen LogP contribution >= 0.6 is 31.9 Å². The van der Waals surface area contributed by atoms with Crippen LogP contribution in [0.2, 0.25) is 0 Å². The monoisotopic (exact) mass is 292 g/mol. The number of imidazole rings is 1. The van der Waals surface area contributed by atoms with Crippen molar-refractivity contribution in [1.82, 2.24) is 9.97 Å². The maximum absolute atomic E-state index is 12.9. The highest BCUT2D eigenvalue weighted by molar-refractivity contribution is 9.11. The molecule has 1 aromatic carbocycles. The Morgan fingerprint density at radius 1 is 1.33 bits per heavy atom. The lowest BCUT2D eigenvalue weighted by atomic mass is 10.3. The second-order valence-electron chi connectivity index (χ2n) is 2.29. The molecule has 0 fully saturated rings. The zero-order chi connectivity index (χ0) is 8.72. The number of fused-ring (bicyclic) bond motifs is 1. The van der Waals surface area contributed by atoms with Gasteiger partial charge in [0, 0.05) is 0 Å². The Kier molecular flexibility index (Phi) is 1.92. The molecular formula is C7H3Br2FN2. The summed E-state index contributed by atoms with van der Waals surface area (Å²) in [7, 11) is 0. The van der Waals surface area contributed by atoms with E-state index in [2.05, 4.69) is 41.8 Å². The third-order valence-electron chi connectivity index (χ3n) is 1.52. The van der Waals surface area contributed by atoms with E-state index in [-0.39, 0.29) is 5.82 Å². The molecule has 0 saturated carbocycles. The van der Waals surface area contributed by atoms with Crippen molar-refractivity contribution < 1.29 is 4.39 Å². The molecule has 0 amide bonds. The minimum Gasteiger partial charge on any atom is -0.332 e. The Hall–Kier alpha value is -0.420. The summed E-state index contributed by atoms with van der Waals surface area (Å²) in [5, 5.41) is 0. The molecule has 0 aliphatic carbocycles. The van der Waals surface area contributed by atoms with E-state index in [9.17, 15) is 4.39 Å². The molecular weight excluding hydrogens is 291 g/mol. The van der Waals surface area contributed by atoms with E-state index in [0.29, 0.717) is 14.7 Å². The quantitative estimate of drug-likeness (QED) is 0.794. The van der Waals surface area contributed by atoms with Crippen LogP contribution < -0.4 is 0 Å². The SMILES string of the molecule is Fc1ccc2[nH]c(Br)nc2c1Br. The number of nitrogens with one attached hydrogen (secondary N) is 1. The van der Waals surface area contributed by atoms with Gasteiger partial charge >= 0.3 is 0 Å². The Labute approximate surface area is 84.4 Å². The Morgan fingerprint density at radius 3 is 2.83 bits per heavy atom. The Bertz CT molecular complexity index is 438. The van der Waals surface area contributed by atoms with Crippen molar-refractivity contribution >= 4 is 42.9 Å². The smallest absolute Gasteiger partial charge is 0.175 e. The van der Waals surface area contributed by atoms with Crippen LogP contribution in [0, 0.1) is 5.82 Å². The van der Waals surface area contributed by atoms with Gasteiger partial charge in [-0.2, -0.15) is 0 Å². The number of rotatable bonds is 0. The highest BCUT2D eigenvalue weighted by atomic mass is 79.9. The van der Waals surface area contributed by atoms with Gasteiger partial charge in [-0.05, 0) is 44.0 Å². The van der Waals surface area contributed by atoms with Crippen LogP contribution in [0.5, 0.6) is 0 Å². The average Bonchev–Trinajstić information content (AvgIpc) is 2.39. The van der Waals surface area contributed by atoms with Crippen LogP contribution in [-0.4, -0.2) is 9.97 Å². The first kappa shape index (κ1) is 8.19.